The number of nitrogens with two attached hydrogens (primary N) is 1. The molecular weight excluding hydrogens is 277 g/mol. The van der Waals surface area contributed by atoms with Crippen LogP contribution in [0.4, 0.5) is 4.39 Å². The number of carbonyl (C=O) groups is 1. The van der Waals surface area contributed by atoms with Gasteiger partial charge in [-0.1, -0.05) is 37.9 Å². The average Bonchev–Trinajstić information content (AvgIpc) is 2.65. The number of carbonyl (C=O) groups excluding carboxylic acids is 1. The Labute approximate surface area is 123 Å². The van der Waals surface area contributed by atoms with Gasteiger partial charge >= 0.3 is 0 Å². The van der Waals surface area contributed by atoms with Gasteiger partial charge in [0.15, 0.2) is 5.82 Å². The van der Waals surface area contributed by atoms with Crippen molar-refractivity contribution in [1.29, 1.82) is 0 Å². The minimum absolute atomic E-state index is 0.0279. The highest BCUT2D eigenvalue weighted by Crippen LogP contribution is 2.28. The lowest BCUT2D eigenvalue weighted by Crippen LogP contribution is -2.56. The second-order valence-electron chi connectivity index (χ2n) is 5.17. The van der Waals surface area contributed by atoms with Gasteiger partial charge in [-0.25, -0.2) is 4.39 Å². The fourth-order valence-electron chi connectivity index (χ4n) is 2.61. The molecule has 0 radical (unpaired) electrons. The molecule has 2 rings (SSSR count). The molecule has 0 aromatic carbocycles. The predicted octanol–water partition coefficient (Wildman–Crippen LogP) is 2.33. The number of amides is 1. The monoisotopic (exact) mass is 295 g/mol. The number of rotatable bonds is 3. The van der Waals surface area contributed by atoms with E-state index in [0.29, 0.717) is 12.8 Å². The Morgan fingerprint density at radius 1 is 1.35 bits per heavy atom. The van der Waals surface area contributed by atoms with Crippen LogP contribution in [0, 0.1) is 5.82 Å². The number of pyridine rings is 1. The summed E-state index contributed by atoms with van der Waals surface area (Å²) in [5.41, 5.74) is 5.12. The van der Waals surface area contributed by atoms with Crippen molar-refractivity contribution in [2.24, 2.45) is 5.73 Å². The highest BCUT2D eigenvalue weighted by atomic mass is 32.1. The SMILES string of the molecule is NC(=S)C1(NC(=O)c2ccncc2F)CCCCCC1. The average molecular weight is 295 g/mol. The molecule has 1 fully saturated rings. The summed E-state index contributed by atoms with van der Waals surface area (Å²) in [6.45, 7) is 0. The fraction of sp³-hybridized carbons (Fsp3) is 0.500. The Balaban J connectivity index is 2.22. The van der Waals surface area contributed by atoms with Crippen LogP contribution in [0.3, 0.4) is 0 Å². The minimum atomic E-state index is -0.696. The van der Waals surface area contributed by atoms with Crippen molar-refractivity contribution in [3.05, 3.63) is 29.8 Å². The summed E-state index contributed by atoms with van der Waals surface area (Å²) < 4.78 is 13.6. The first kappa shape index (κ1) is 14.8. The molecule has 0 atom stereocenters. The van der Waals surface area contributed by atoms with Gasteiger partial charge in [-0.3, -0.25) is 9.78 Å². The summed E-state index contributed by atoms with van der Waals surface area (Å²) >= 11 is 5.15. The quantitative estimate of drug-likeness (QED) is 0.663. The summed E-state index contributed by atoms with van der Waals surface area (Å²) in [5, 5.41) is 2.86. The van der Waals surface area contributed by atoms with E-state index in [1.165, 1.54) is 12.3 Å². The van der Waals surface area contributed by atoms with E-state index >= 15 is 0 Å². The van der Waals surface area contributed by atoms with E-state index in [1.54, 1.807) is 0 Å². The molecule has 1 aromatic heterocycles. The molecule has 1 aromatic rings. The molecule has 108 valence electrons. The molecule has 1 amide bonds. The third-order valence-corrected chi connectivity index (χ3v) is 4.19. The maximum Gasteiger partial charge on any atom is 0.255 e. The zero-order valence-corrected chi connectivity index (χ0v) is 12.0. The Morgan fingerprint density at radius 3 is 2.55 bits per heavy atom. The van der Waals surface area contributed by atoms with Gasteiger partial charge in [-0.05, 0) is 18.9 Å². The van der Waals surface area contributed by atoms with Gasteiger partial charge in [0.1, 0.15) is 0 Å². The van der Waals surface area contributed by atoms with Crippen molar-refractivity contribution in [2.75, 3.05) is 0 Å². The van der Waals surface area contributed by atoms with Crippen molar-refractivity contribution in [3.63, 3.8) is 0 Å². The van der Waals surface area contributed by atoms with Gasteiger partial charge in [0, 0.05) is 6.20 Å². The van der Waals surface area contributed by atoms with Gasteiger partial charge in [0.25, 0.3) is 5.91 Å². The summed E-state index contributed by atoms with van der Waals surface area (Å²) in [4.78, 5) is 16.2. The van der Waals surface area contributed by atoms with Crippen molar-refractivity contribution in [3.8, 4) is 0 Å². The highest BCUT2D eigenvalue weighted by Gasteiger charge is 2.36. The van der Waals surface area contributed by atoms with Crippen LogP contribution in [-0.2, 0) is 0 Å². The van der Waals surface area contributed by atoms with E-state index < -0.39 is 17.3 Å². The normalized spacial score (nSPS) is 18.1. The lowest BCUT2D eigenvalue weighted by atomic mass is 9.89. The molecular formula is C14H18FN3OS. The van der Waals surface area contributed by atoms with Crippen molar-refractivity contribution >= 4 is 23.1 Å². The molecule has 1 aliphatic rings. The fourth-order valence-corrected chi connectivity index (χ4v) is 2.86. The first-order valence-corrected chi connectivity index (χ1v) is 7.18. The lowest BCUT2D eigenvalue weighted by molar-refractivity contribution is 0.0913. The third-order valence-electron chi connectivity index (χ3n) is 3.80. The van der Waals surface area contributed by atoms with Gasteiger partial charge in [0.2, 0.25) is 0 Å². The number of nitrogens with one attached hydrogen (secondary N) is 1. The molecule has 0 unspecified atom stereocenters. The van der Waals surface area contributed by atoms with Crippen LogP contribution in [0.15, 0.2) is 18.5 Å². The molecule has 0 saturated heterocycles. The molecule has 1 saturated carbocycles. The Kier molecular flexibility index (Phi) is 4.65. The van der Waals surface area contributed by atoms with Crippen LogP contribution in [0.25, 0.3) is 0 Å². The number of aromatic nitrogens is 1. The van der Waals surface area contributed by atoms with Gasteiger partial charge in [-0.2, -0.15) is 0 Å². The van der Waals surface area contributed by atoms with E-state index in [1.807, 2.05) is 0 Å². The molecule has 20 heavy (non-hydrogen) atoms. The van der Waals surface area contributed by atoms with Crippen LogP contribution in [-0.4, -0.2) is 21.4 Å². The first-order chi connectivity index (χ1) is 9.55. The zero-order valence-electron chi connectivity index (χ0n) is 11.2. The van der Waals surface area contributed by atoms with Gasteiger partial charge in [0.05, 0.1) is 22.3 Å². The molecule has 3 N–H and O–H groups in total. The molecule has 1 heterocycles. The smallest absolute Gasteiger partial charge is 0.255 e. The maximum atomic E-state index is 13.6. The molecule has 0 bridgehead atoms. The third kappa shape index (κ3) is 3.12. The molecule has 1 aliphatic carbocycles. The highest BCUT2D eigenvalue weighted by molar-refractivity contribution is 7.80. The Morgan fingerprint density at radius 2 is 2.00 bits per heavy atom. The van der Waals surface area contributed by atoms with E-state index in [9.17, 15) is 9.18 Å². The maximum absolute atomic E-state index is 13.6. The largest absolute Gasteiger partial charge is 0.391 e. The van der Waals surface area contributed by atoms with Crippen molar-refractivity contribution in [1.82, 2.24) is 10.3 Å². The van der Waals surface area contributed by atoms with Crippen LogP contribution >= 0.6 is 12.2 Å². The van der Waals surface area contributed by atoms with Crippen LogP contribution in [0.2, 0.25) is 0 Å². The summed E-state index contributed by atoms with van der Waals surface area (Å²) in [5.74, 6) is -1.13. The van der Waals surface area contributed by atoms with E-state index in [0.717, 1.165) is 31.9 Å². The van der Waals surface area contributed by atoms with Crippen LogP contribution < -0.4 is 11.1 Å². The number of thiocarbonyl (C=S) groups is 1. The second-order valence-corrected chi connectivity index (χ2v) is 5.61. The van der Waals surface area contributed by atoms with Gasteiger partial charge < -0.3 is 11.1 Å². The molecule has 6 heteroatoms. The Hall–Kier alpha value is -1.56. The van der Waals surface area contributed by atoms with Crippen molar-refractivity contribution in [2.45, 2.75) is 44.1 Å². The van der Waals surface area contributed by atoms with E-state index in [2.05, 4.69) is 10.3 Å². The predicted molar refractivity (Wildman–Crippen MR) is 78.9 cm³/mol. The summed E-state index contributed by atoms with van der Waals surface area (Å²) in [6, 6.07) is 1.36. The first-order valence-electron chi connectivity index (χ1n) is 6.77. The van der Waals surface area contributed by atoms with Crippen LogP contribution in [0.1, 0.15) is 48.9 Å². The molecule has 0 aliphatic heterocycles. The van der Waals surface area contributed by atoms with E-state index in [-0.39, 0.29) is 10.6 Å². The zero-order chi connectivity index (χ0) is 14.6. The minimum Gasteiger partial charge on any atom is -0.391 e. The molecule has 4 nitrogen and oxygen atoms in total. The van der Waals surface area contributed by atoms with Crippen molar-refractivity contribution < 1.29 is 9.18 Å². The number of nitrogens with zero attached hydrogens (tertiary/aromatic N) is 1. The number of hydrogen-bond donors (Lipinski definition) is 2. The Bertz CT molecular complexity index is 513. The van der Waals surface area contributed by atoms with E-state index in [4.69, 9.17) is 18.0 Å². The lowest BCUT2D eigenvalue weighted by Gasteiger charge is -2.32. The number of halogens is 1. The number of hydrogen-bond acceptors (Lipinski definition) is 3. The summed E-state index contributed by atoms with van der Waals surface area (Å²) in [6.07, 6.45) is 7.94. The van der Waals surface area contributed by atoms with Gasteiger partial charge in [-0.15, -0.1) is 0 Å². The second kappa shape index (κ2) is 6.26. The standard InChI is InChI=1S/C14H18FN3OS/c15-11-9-17-8-5-10(11)12(19)18-14(13(16)20)6-3-1-2-4-7-14/h5,8-9H,1-4,6-7H2,(H2,16,20)(H,18,19). The summed E-state index contributed by atoms with van der Waals surface area (Å²) in [7, 11) is 0. The van der Waals surface area contributed by atoms with Crippen LogP contribution in [0.5, 0.6) is 0 Å². The topological polar surface area (TPSA) is 68.0 Å². The molecule has 0 spiro atoms.